The Morgan fingerprint density at radius 1 is 0.773 bits per heavy atom. The number of hydrogen-bond donors (Lipinski definition) is 1. The molecule has 0 radical (unpaired) electrons. The minimum atomic E-state index is 0.842. The highest BCUT2D eigenvalue weighted by Gasteiger charge is 2.00. The number of aryl methyl sites for hydroxylation is 1. The molecule has 2 aromatic rings. The summed E-state index contributed by atoms with van der Waals surface area (Å²) in [7, 11) is 0. The van der Waals surface area contributed by atoms with Crippen molar-refractivity contribution in [2.24, 2.45) is 5.73 Å². The summed E-state index contributed by atoms with van der Waals surface area (Å²) in [5, 5.41) is 4.47. The van der Waals surface area contributed by atoms with Gasteiger partial charge in [-0.2, -0.15) is 5.10 Å². The summed E-state index contributed by atoms with van der Waals surface area (Å²) in [6, 6.07) is 10.4. The molecule has 2 rings (SSSR count). The number of benzene rings is 1. The average molecular weight is 299 g/mol. The fraction of sp³-hybridized carbons (Fsp3) is 0.526. The van der Waals surface area contributed by atoms with E-state index in [4.69, 9.17) is 5.73 Å². The van der Waals surface area contributed by atoms with Gasteiger partial charge in [-0.05, 0) is 24.9 Å². The maximum absolute atomic E-state index is 5.49. The molecular weight excluding hydrogens is 270 g/mol. The Morgan fingerprint density at radius 2 is 1.41 bits per heavy atom. The molecule has 0 aliphatic heterocycles. The molecule has 0 atom stereocenters. The van der Waals surface area contributed by atoms with Crippen LogP contribution in [0.1, 0.15) is 51.4 Å². The summed E-state index contributed by atoms with van der Waals surface area (Å²) in [6.07, 6.45) is 14.5. The summed E-state index contributed by atoms with van der Waals surface area (Å²) >= 11 is 0. The van der Waals surface area contributed by atoms with Crippen molar-refractivity contribution in [3.63, 3.8) is 0 Å². The summed E-state index contributed by atoms with van der Waals surface area (Å²) in [5.74, 6) is 0. The molecule has 0 saturated heterocycles. The second kappa shape index (κ2) is 10.2. The molecule has 3 heteroatoms. The number of unbranched alkanes of at least 4 members (excludes halogenated alkanes) is 7. The van der Waals surface area contributed by atoms with Gasteiger partial charge in [0.25, 0.3) is 0 Å². The first-order valence-corrected chi connectivity index (χ1v) is 8.68. The molecule has 0 fully saturated rings. The highest BCUT2D eigenvalue weighted by molar-refractivity contribution is 5.61. The van der Waals surface area contributed by atoms with Gasteiger partial charge in [0, 0.05) is 18.3 Å². The Labute approximate surface area is 134 Å². The number of nitrogens with two attached hydrogens (primary N) is 1. The number of nitrogens with zero attached hydrogens (tertiary/aromatic N) is 2. The van der Waals surface area contributed by atoms with Gasteiger partial charge in [-0.25, -0.2) is 0 Å². The van der Waals surface area contributed by atoms with Crippen LogP contribution in [-0.4, -0.2) is 16.3 Å². The predicted molar refractivity (Wildman–Crippen MR) is 93.7 cm³/mol. The van der Waals surface area contributed by atoms with Gasteiger partial charge in [-0.1, -0.05) is 68.9 Å². The second-order valence-corrected chi connectivity index (χ2v) is 5.98. The molecule has 0 unspecified atom stereocenters. The van der Waals surface area contributed by atoms with Gasteiger partial charge in [0.05, 0.1) is 6.20 Å². The van der Waals surface area contributed by atoms with Crippen LogP contribution in [0.5, 0.6) is 0 Å². The van der Waals surface area contributed by atoms with Gasteiger partial charge < -0.3 is 5.73 Å². The van der Waals surface area contributed by atoms with E-state index in [-0.39, 0.29) is 0 Å². The first-order valence-electron chi connectivity index (χ1n) is 8.68. The first kappa shape index (κ1) is 16.8. The SMILES string of the molecule is NCCCCCCCCCCn1cc(-c2ccccc2)cn1. The van der Waals surface area contributed by atoms with Crippen LogP contribution < -0.4 is 5.73 Å². The van der Waals surface area contributed by atoms with Gasteiger partial charge in [0.2, 0.25) is 0 Å². The Morgan fingerprint density at radius 3 is 2.09 bits per heavy atom. The molecule has 2 N–H and O–H groups in total. The standard InChI is InChI=1S/C19H29N3/c20-14-10-5-3-1-2-4-6-11-15-22-17-19(16-21-22)18-12-8-7-9-13-18/h7-9,12-13,16-17H,1-6,10-11,14-15,20H2. The van der Waals surface area contributed by atoms with Crippen LogP contribution in [0.2, 0.25) is 0 Å². The third kappa shape index (κ3) is 6.02. The lowest BCUT2D eigenvalue weighted by Crippen LogP contribution is -1.98. The zero-order valence-electron chi connectivity index (χ0n) is 13.6. The van der Waals surface area contributed by atoms with Gasteiger partial charge in [-0.15, -0.1) is 0 Å². The third-order valence-corrected chi connectivity index (χ3v) is 4.08. The van der Waals surface area contributed by atoms with Crippen molar-refractivity contribution in [2.45, 2.75) is 57.9 Å². The molecule has 1 heterocycles. The fourth-order valence-electron chi connectivity index (χ4n) is 2.74. The Bertz CT molecular complexity index is 504. The van der Waals surface area contributed by atoms with Crippen molar-refractivity contribution in [3.05, 3.63) is 42.7 Å². The zero-order valence-corrected chi connectivity index (χ0v) is 13.6. The Hall–Kier alpha value is -1.61. The van der Waals surface area contributed by atoms with E-state index >= 15 is 0 Å². The molecule has 0 aliphatic carbocycles. The van der Waals surface area contributed by atoms with Gasteiger partial charge in [-0.3, -0.25) is 4.68 Å². The molecule has 0 amide bonds. The molecular formula is C19H29N3. The minimum absolute atomic E-state index is 0.842. The van der Waals surface area contributed by atoms with Gasteiger partial charge in [0.15, 0.2) is 0 Å². The minimum Gasteiger partial charge on any atom is -0.330 e. The summed E-state index contributed by atoms with van der Waals surface area (Å²) in [5.41, 5.74) is 7.95. The maximum Gasteiger partial charge on any atom is 0.0568 e. The largest absolute Gasteiger partial charge is 0.330 e. The van der Waals surface area contributed by atoms with E-state index in [0.29, 0.717) is 0 Å². The van der Waals surface area contributed by atoms with Crippen LogP contribution in [-0.2, 0) is 6.54 Å². The first-order chi connectivity index (χ1) is 10.9. The normalized spacial score (nSPS) is 11.0. The van der Waals surface area contributed by atoms with Crippen LogP contribution in [0.4, 0.5) is 0 Å². The van der Waals surface area contributed by atoms with Crippen LogP contribution in [0.25, 0.3) is 11.1 Å². The molecule has 0 saturated carbocycles. The van der Waals surface area contributed by atoms with Crippen molar-refractivity contribution in [1.82, 2.24) is 9.78 Å². The molecule has 120 valence electrons. The molecule has 0 spiro atoms. The van der Waals surface area contributed by atoms with Crippen LogP contribution >= 0.6 is 0 Å². The van der Waals surface area contributed by atoms with Crippen molar-refractivity contribution in [2.75, 3.05) is 6.54 Å². The monoisotopic (exact) mass is 299 g/mol. The van der Waals surface area contributed by atoms with Crippen molar-refractivity contribution >= 4 is 0 Å². The third-order valence-electron chi connectivity index (χ3n) is 4.08. The molecule has 3 nitrogen and oxygen atoms in total. The topological polar surface area (TPSA) is 43.8 Å². The summed E-state index contributed by atoms with van der Waals surface area (Å²) < 4.78 is 2.07. The average Bonchev–Trinajstić information content (AvgIpc) is 3.03. The number of hydrogen-bond acceptors (Lipinski definition) is 2. The Kier molecular flexibility index (Phi) is 7.75. The van der Waals surface area contributed by atoms with Gasteiger partial charge in [0.1, 0.15) is 0 Å². The lowest BCUT2D eigenvalue weighted by molar-refractivity contribution is 0.519. The van der Waals surface area contributed by atoms with E-state index in [9.17, 15) is 0 Å². The van der Waals surface area contributed by atoms with E-state index in [1.165, 1.54) is 62.5 Å². The maximum atomic E-state index is 5.49. The van der Waals surface area contributed by atoms with E-state index in [1.54, 1.807) is 0 Å². The highest BCUT2D eigenvalue weighted by atomic mass is 15.3. The smallest absolute Gasteiger partial charge is 0.0568 e. The fourth-order valence-corrected chi connectivity index (χ4v) is 2.74. The predicted octanol–water partition coefficient (Wildman–Crippen LogP) is 4.63. The number of aromatic nitrogens is 2. The lowest BCUT2D eigenvalue weighted by Gasteiger charge is -2.03. The van der Waals surface area contributed by atoms with E-state index in [2.05, 4.69) is 40.2 Å². The quantitative estimate of drug-likeness (QED) is 0.615. The van der Waals surface area contributed by atoms with Crippen molar-refractivity contribution in [3.8, 4) is 11.1 Å². The van der Waals surface area contributed by atoms with Crippen LogP contribution in [0, 0.1) is 0 Å². The van der Waals surface area contributed by atoms with Crippen LogP contribution in [0.15, 0.2) is 42.7 Å². The molecule has 1 aromatic heterocycles. The summed E-state index contributed by atoms with van der Waals surface area (Å²) in [4.78, 5) is 0. The second-order valence-electron chi connectivity index (χ2n) is 5.98. The van der Waals surface area contributed by atoms with E-state index < -0.39 is 0 Å². The van der Waals surface area contributed by atoms with E-state index in [1.807, 2.05) is 12.3 Å². The summed E-state index contributed by atoms with van der Waals surface area (Å²) in [6.45, 7) is 1.87. The molecule has 0 aliphatic rings. The van der Waals surface area contributed by atoms with Crippen LogP contribution in [0.3, 0.4) is 0 Å². The molecule has 0 bridgehead atoms. The molecule has 1 aromatic carbocycles. The van der Waals surface area contributed by atoms with Crippen molar-refractivity contribution in [1.29, 1.82) is 0 Å². The Balaban J connectivity index is 1.57. The number of rotatable bonds is 11. The molecule has 22 heavy (non-hydrogen) atoms. The zero-order chi connectivity index (χ0) is 15.5. The van der Waals surface area contributed by atoms with Crippen molar-refractivity contribution < 1.29 is 0 Å². The highest BCUT2D eigenvalue weighted by Crippen LogP contribution is 2.18. The van der Waals surface area contributed by atoms with Gasteiger partial charge >= 0.3 is 0 Å². The van der Waals surface area contributed by atoms with E-state index in [0.717, 1.165) is 13.1 Å². The lowest BCUT2D eigenvalue weighted by atomic mass is 10.1.